The van der Waals surface area contributed by atoms with Crippen LogP contribution in [0.4, 0.5) is 0 Å². The van der Waals surface area contributed by atoms with Crippen LogP contribution in [0.25, 0.3) is 0 Å². The van der Waals surface area contributed by atoms with Gasteiger partial charge in [-0.25, -0.2) is 0 Å². The number of rotatable bonds is 6. The van der Waals surface area contributed by atoms with Crippen LogP contribution in [0.15, 0.2) is 54.6 Å². The van der Waals surface area contributed by atoms with Crippen LogP contribution < -0.4 is 0 Å². The number of nitrogens with zero attached hydrogens (tertiary/aromatic N) is 1. The summed E-state index contributed by atoms with van der Waals surface area (Å²) in [5.41, 5.74) is 2.42. The molecule has 0 amide bonds. The number of phenolic OH excluding ortho intramolecular Hbond substituents is 1. The highest BCUT2D eigenvalue weighted by Crippen LogP contribution is 2.51. The third-order valence-electron chi connectivity index (χ3n) is 7.44. The van der Waals surface area contributed by atoms with E-state index in [1.54, 1.807) is 6.07 Å². The van der Waals surface area contributed by atoms with E-state index in [0.29, 0.717) is 30.7 Å². The Morgan fingerprint density at radius 1 is 1.17 bits per heavy atom. The number of fused-ring (bicyclic) bond motifs is 2. The predicted octanol–water partition coefficient (Wildman–Crippen LogP) is 4.47. The van der Waals surface area contributed by atoms with Gasteiger partial charge in [0.25, 0.3) is 0 Å². The number of piperidine rings is 1. The summed E-state index contributed by atoms with van der Waals surface area (Å²) in [7, 11) is 0. The number of benzene rings is 2. The van der Waals surface area contributed by atoms with E-state index in [0.717, 1.165) is 37.8 Å². The minimum Gasteiger partial charge on any atom is -0.508 e. The molecule has 0 radical (unpaired) electrons. The maximum absolute atomic E-state index is 12.0. The van der Waals surface area contributed by atoms with Crippen LogP contribution in [0.5, 0.6) is 5.75 Å². The van der Waals surface area contributed by atoms with Crippen molar-refractivity contribution in [3.63, 3.8) is 0 Å². The summed E-state index contributed by atoms with van der Waals surface area (Å²) in [4.78, 5) is 14.4. The van der Waals surface area contributed by atoms with Crippen molar-refractivity contribution in [2.45, 2.75) is 50.5 Å². The number of phenols is 1. The van der Waals surface area contributed by atoms with E-state index < -0.39 is 5.97 Å². The number of aliphatic carboxylic acids is 1. The Balaban J connectivity index is 1.53. The molecule has 154 valence electrons. The third kappa shape index (κ3) is 3.91. The van der Waals surface area contributed by atoms with Crippen LogP contribution >= 0.6 is 0 Å². The molecule has 4 nitrogen and oxygen atoms in total. The van der Waals surface area contributed by atoms with Gasteiger partial charge in [-0.05, 0) is 61.4 Å². The van der Waals surface area contributed by atoms with Crippen molar-refractivity contribution in [2.24, 2.45) is 11.8 Å². The highest BCUT2D eigenvalue weighted by Gasteiger charge is 2.49. The second kappa shape index (κ2) is 8.19. The number of hydrogen-bond donors (Lipinski definition) is 2. The standard InChI is InChI=1S/C25H31NO3/c1-18-23-11-6-12-25(18,21-9-5-10-22(27)16-21)13-14-26(23)17-20(24(28)29)15-19-7-3-2-4-8-19/h2-5,7-10,16,18,20,23,27H,6,11-15,17H2,1H3,(H,28,29)/t18?,20?,23-,25?/m1/s1. The Bertz CT molecular complexity index is 852. The van der Waals surface area contributed by atoms with Crippen molar-refractivity contribution in [2.75, 3.05) is 13.1 Å². The SMILES string of the molecule is CC1[C@H]2CCCC1(c1cccc(O)c1)CCN2CC(Cc1ccccc1)C(=O)O. The van der Waals surface area contributed by atoms with E-state index in [1.165, 1.54) is 5.56 Å². The van der Waals surface area contributed by atoms with Crippen molar-refractivity contribution < 1.29 is 15.0 Å². The van der Waals surface area contributed by atoms with Crippen LogP contribution in [0, 0.1) is 11.8 Å². The first-order valence-corrected chi connectivity index (χ1v) is 10.8. The average molecular weight is 394 g/mol. The van der Waals surface area contributed by atoms with Crippen molar-refractivity contribution in [3.8, 4) is 5.75 Å². The van der Waals surface area contributed by atoms with Gasteiger partial charge in [-0.15, -0.1) is 0 Å². The number of carboxylic acid groups (broad SMARTS) is 1. The minimum atomic E-state index is -0.706. The highest BCUT2D eigenvalue weighted by atomic mass is 16.4. The smallest absolute Gasteiger partial charge is 0.308 e. The Hall–Kier alpha value is -2.33. The van der Waals surface area contributed by atoms with Gasteiger partial charge in [0.15, 0.2) is 0 Å². The molecule has 29 heavy (non-hydrogen) atoms. The summed E-state index contributed by atoms with van der Waals surface area (Å²) in [6, 6.07) is 18.1. The van der Waals surface area contributed by atoms with Gasteiger partial charge in [0, 0.05) is 18.0 Å². The summed E-state index contributed by atoms with van der Waals surface area (Å²) < 4.78 is 0. The fraction of sp³-hybridized carbons (Fsp3) is 0.480. The van der Waals surface area contributed by atoms with Crippen LogP contribution in [-0.2, 0) is 16.6 Å². The number of likely N-dealkylation sites (tertiary alicyclic amines) is 1. The summed E-state index contributed by atoms with van der Waals surface area (Å²) in [6.07, 6.45) is 5.02. The van der Waals surface area contributed by atoms with Crippen LogP contribution in [0.1, 0.15) is 43.7 Å². The van der Waals surface area contributed by atoms with E-state index in [2.05, 4.69) is 17.9 Å². The average Bonchev–Trinajstić information content (AvgIpc) is 2.70. The molecule has 2 aromatic rings. The summed E-state index contributed by atoms with van der Waals surface area (Å²) in [5.74, 6) is -0.317. The Morgan fingerprint density at radius 2 is 1.97 bits per heavy atom. The molecule has 2 aliphatic rings. The molecule has 2 fully saturated rings. The van der Waals surface area contributed by atoms with Gasteiger partial charge in [-0.3, -0.25) is 9.69 Å². The lowest BCUT2D eigenvalue weighted by Crippen LogP contribution is -2.58. The first kappa shape index (κ1) is 20.0. The van der Waals surface area contributed by atoms with E-state index in [9.17, 15) is 15.0 Å². The van der Waals surface area contributed by atoms with E-state index in [-0.39, 0.29) is 11.3 Å². The second-order valence-corrected chi connectivity index (χ2v) is 8.92. The fourth-order valence-electron chi connectivity index (χ4n) is 5.84. The fourth-order valence-corrected chi connectivity index (χ4v) is 5.84. The monoisotopic (exact) mass is 393 g/mol. The zero-order chi connectivity index (χ0) is 20.4. The van der Waals surface area contributed by atoms with Gasteiger partial charge in [0.1, 0.15) is 5.75 Å². The van der Waals surface area contributed by atoms with Gasteiger partial charge in [-0.2, -0.15) is 0 Å². The molecule has 4 rings (SSSR count). The Labute approximate surface area is 173 Å². The topological polar surface area (TPSA) is 60.8 Å². The minimum absolute atomic E-state index is 0.0936. The Kier molecular flexibility index (Phi) is 5.64. The Morgan fingerprint density at radius 3 is 2.69 bits per heavy atom. The third-order valence-corrected chi connectivity index (χ3v) is 7.44. The molecule has 4 heteroatoms. The van der Waals surface area contributed by atoms with Crippen LogP contribution in [-0.4, -0.2) is 40.2 Å². The van der Waals surface area contributed by atoms with Crippen LogP contribution in [0.2, 0.25) is 0 Å². The first-order chi connectivity index (χ1) is 14.0. The molecule has 0 spiro atoms. The number of aromatic hydroxyl groups is 1. The van der Waals surface area contributed by atoms with Gasteiger partial charge in [0.2, 0.25) is 0 Å². The molecule has 1 saturated heterocycles. The maximum Gasteiger partial charge on any atom is 0.308 e. The molecule has 3 unspecified atom stereocenters. The maximum atomic E-state index is 12.0. The molecule has 2 bridgehead atoms. The van der Waals surface area contributed by atoms with Crippen LogP contribution in [0.3, 0.4) is 0 Å². The van der Waals surface area contributed by atoms with Gasteiger partial charge in [0.05, 0.1) is 5.92 Å². The molecule has 4 atom stereocenters. The first-order valence-electron chi connectivity index (χ1n) is 10.8. The summed E-state index contributed by atoms with van der Waals surface area (Å²) >= 11 is 0. The number of carboxylic acids is 1. The number of carbonyl (C=O) groups is 1. The molecular formula is C25H31NO3. The predicted molar refractivity (Wildman–Crippen MR) is 114 cm³/mol. The zero-order valence-electron chi connectivity index (χ0n) is 17.1. The van der Waals surface area contributed by atoms with Gasteiger partial charge in [-0.1, -0.05) is 55.8 Å². The van der Waals surface area contributed by atoms with Crippen molar-refractivity contribution in [1.29, 1.82) is 0 Å². The van der Waals surface area contributed by atoms with E-state index >= 15 is 0 Å². The molecule has 2 N–H and O–H groups in total. The van der Waals surface area contributed by atoms with E-state index in [4.69, 9.17) is 0 Å². The van der Waals surface area contributed by atoms with Crippen molar-refractivity contribution in [3.05, 3.63) is 65.7 Å². The molecule has 1 saturated carbocycles. The molecular weight excluding hydrogens is 362 g/mol. The number of hydrogen-bond acceptors (Lipinski definition) is 3. The zero-order valence-corrected chi connectivity index (χ0v) is 17.1. The summed E-state index contributed by atoms with van der Waals surface area (Å²) in [6.45, 7) is 3.85. The lowest BCUT2D eigenvalue weighted by Gasteiger charge is -2.56. The van der Waals surface area contributed by atoms with E-state index in [1.807, 2.05) is 42.5 Å². The lowest BCUT2D eigenvalue weighted by molar-refractivity contribution is -0.143. The molecule has 1 aliphatic heterocycles. The lowest BCUT2D eigenvalue weighted by atomic mass is 9.57. The van der Waals surface area contributed by atoms with Gasteiger partial charge < -0.3 is 10.2 Å². The van der Waals surface area contributed by atoms with Gasteiger partial charge >= 0.3 is 5.97 Å². The molecule has 1 aliphatic carbocycles. The van der Waals surface area contributed by atoms with Crippen molar-refractivity contribution in [1.82, 2.24) is 4.90 Å². The molecule has 1 heterocycles. The second-order valence-electron chi connectivity index (χ2n) is 8.92. The molecule has 0 aromatic heterocycles. The highest BCUT2D eigenvalue weighted by molar-refractivity contribution is 5.70. The normalized spacial score (nSPS) is 28.0. The summed E-state index contributed by atoms with van der Waals surface area (Å²) in [5, 5.41) is 19.9. The molecule has 2 aromatic carbocycles. The quantitative estimate of drug-likeness (QED) is 0.760. The van der Waals surface area contributed by atoms with Crippen molar-refractivity contribution >= 4 is 5.97 Å². The largest absolute Gasteiger partial charge is 0.508 e.